The lowest BCUT2D eigenvalue weighted by Gasteiger charge is -2.09. The average Bonchev–Trinajstić information content (AvgIpc) is 2.79. The van der Waals surface area contributed by atoms with Crippen molar-refractivity contribution in [3.8, 4) is 0 Å². The van der Waals surface area contributed by atoms with Crippen LogP contribution >= 0.6 is 0 Å². The second kappa shape index (κ2) is 5.62. The molecular weight excluding hydrogens is 278 g/mol. The molecule has 0 fully saturated rings. The SMILES string of the molecule is C[C@@H](C(=O)NCCc1cn2ccccc2n1)S(C)(=O)=O. The summed E-state index contributed by atoms with van der Waals surface area (Å²) in [5, 5.41) is 1.59. The van der Waals surface area contributed by atoms with E-state index in [1.807, 2.05) is 35.0 Å². The number of carbonyl (C=O) groups excluding carboxylic acids is 1. The second-order valence-electron chi connectivity index (χ2n) is 4.71. The summed E-state index contributed by atoms with van der Waals surface area (Å²) < 4.78 is 24.4. The Morgan fingerprint density at radius 1 is 1.45 bits per heavy atom. The van der Waals surface area contributed by atoms with Gasteiger partial charge in [-0.25, -0.2) is 13.4 Å². The Balaban J connectivity index is 1.91. The average molecular weight is 295 g/mol. The lowest BCUT2D eigenvalue weighted by atomic mass is 10.3. The van der Waals surface area contributed by atoms with Gasteiger partial charge in [-0.05, 0) is 19.1 Å². The molecule has 0 spiro atoms. The number of fused-ring (bicyclic) bond motifs is 1. The number of imidazole rings is 1. The van der Waals surface area contributed by atoms with E-state index in [4.69, 9.17) is 0 Å². The number of sulfone groups is 1. The van der Waals surface area contributed by atoms with Crippen LogP contribution in [0.2, 0.25) is 0 Å². The van der Waals surface area contributed by atoms with E-state index in [-0.39, 0.29) is 0 Å². The van der Waals surface area contributed by atoms with E-state index in [2.05, 4.69) is 10.3 Å². The fourth-order valence-corrected chi connectivity index (χ4v) is 2.23. The van der Waals surface area contributed by atoms with Crippen LogP contribution in [0.3, 0.4) is 0 Å². The molecule has 0 saturated heterocycles. The van der Waals surface area contributed by atoms with Gasteiger partial charge in [0.1, 0.15) is 10.9 Å². The Morgan fingerprint density at radius 2 is 2.20 bits per heavy atom. The first kappa shape index (κ1) is 14.5. The number of hydrogen-bond donors (Lipinski definition) is 1. The Labute approximate surface area is 117 Å². The van der Waals surface area contributed by atoms with E-state index in [0.717, 1.165) is 17.6 Å². The topological polar surface area (TPSA) is 80.5 Å². The number of carbonyl (C=O) groups is 1. The third kappa shape index (κ3) is 3.36. The number of rotatable bonds is 5. The van der Waals surface area contributed by atoms with Crippen molar-refractivity contribution in [2.24, 2.45) is 0 Å². The van der Waals surface area contributed by atoms with E-state index in [0.29, 0.717) is 13.0 Å². The van der Waals surface area contributed by atoms with Gasteiger partial charge in [-0.15, -0.1) is 0 Å². The molecule has 2 rings (SSSR count). The van der Waals surface area contributed by atoms with Crippen LogP contribution in [0.15, 0.2) is 30.6 Å². The highest BCUT2D eigenvalue weighted by Gasteiger charge is 2.22. The van der Waals surface area contributed by atoms with Gasteiger partial charge in [0, 0.05) is 31.6 Å². The highest BCUT2D eigenvalue weighted by Crippen LogP contribution is 2.04. The third-order valence-electron chi connectivity index (χ3n) is 3.11. The Hall–Kier alpha value is -1.89. The van der Waals surface area contributed by atoms with E-state index >= 15 is 0 Å². The van der Waals surface area contributed by atoms with Crippen LogP contribution in [0.1, 0.15) is 12.6 Å². The van der Waals surface area contributed by atoms with Crippen molar-refractivity contribution in [3.05, 3.63) is 36.3 Å². The molecule has 0 aliphatic rings. The molecule has 7 heteroatoms. The molecule has 1 N–H and O–H groups in total. The van der Waals surface area contributed by atoms with Crippen LogP contribution in [0.25, 0.3) is 5.65 Å². The minimum Gasteiger partial charge on any atom is -0.355 e. The van der Waals surface area contributed by atoms with Gasteiger partial charge in [-0.3, -0.25) is 4.79 Å². The summed E-state index contributed by atoms with van der Waals surface area (Å²) in [6.07, 6.45) is 5.40. The van der Waals surface area contributed by atoms with Gasteiger partial charge in [0.25, 0.3) is 0 Å². The van der Waals surface area contributed by atoms with Gasteiger partial charge in [-0.2, -0.15) is 0 Å². The molecule has 0 aliphatic heterocycles. The predicted octanol–water partition coefficient (Wildman–Crippen LogP) is 0.426. The number of nitrogens with one attached hydrogen (secondary N) is 1. The van der Waals surface area contributed by atoms with Crippen molar-refractivity contribution in [2.75, 3.05) is 12.8 Å². The number of aromatic nitrogens is 2. The monoisotopic (exact) mass is 295 g/mol. The molecule has 2 aromatic rings. The molecule has 0 saturated carbocycles. The fraction of sp³-hybridized carbons (Fsp3) is 0.385. The number of nitrogens with zero attached hydrogens (tertiary/aromatic N) is 2. The molecule has 0 unspecified atom stereocenters. The van der Waals surface area contributed by atoms with Crippen molar-refractivity contribution < 1.29 is 13.2 Å². The minimum atomic E-state index is -3.35. The zero-order valence-corrected chi connectivity index (χ0v) is 12.2. The maximum Gasteiger partial charge on any atom is 0.238 e. The summed E-state index contributed by atoms with van der Waals surface area (Å²) in [7, 11) is -3.35. The Kier molecular flexibility index (Phi) is 4.08. The van der Waals surface area contributed by atoms with Crippen molar-refractivity contribution in [1.29, 1.82) is 0 Å². The van der Waals surface area contributed by atoms with E-state index < -0.39 is 21.0 Å². The zero-order chi connectivity index (χ0) is 14.8. The smallest absolute Gasteiger partial charge is 0.238 e. The number of pyridine rings is 1. The van der Waals surface area contributed by atoms with Gasteiger partial charge in [0.15, 0.2) is 9.84 Å². The molecule has 0 aliphatic carbocycles. The van der Waals surface area contributed by atoms with E-state index in [9.17, 15) is 13.2 Å². The molecule has 6 nitrogen and oxygen atoms in total. The first-order valence-corrected chi connectivity index (χ1v) is 8.22. The van der Waals surface area contributed by atoms with E-state index in [1.165, 1.54) is 6.92 Å². The van der Waals surface area contributed by atoms with Gasteiger partial charge < -0.3 is 9.72 Å². The number of amides is 1. The summed E-state index contributed by atoms with van der Waals surface area (Å²) in [5.74, 6) is -0.476. The third-order valence-corrected chi connectivity index (χ3v) is 4.60. The molecular formula is C13H17N3O3S. The summed E-state index contributed by atoms with van der Waals surface area (Å²) in [6.45, 7) is 1.75. The first-order chi connectivity index (χ1) is 9.38. The minimum absolute atomic E-state index is 0.364. The summed E-state index contributed by atoms with van der Waals surface area (Å²) >= 11 is 0. The van der Waals surface area contributed by atoms with Gasteiger partial charge in [0.05, 0.1) is 5.69 Å². The fourth-order valence-electron chi connectivity index (χ4n) is 1.76. The number of hydrogen-bond acceptors (Lipinski definition) is 4. The van der Waals surface area contributed by atoms with Crippen LogP contribution in [0.4, 0.5) is 0 Å². The normalized spacial score (nSPS) is 13.3. The van der Waals surface area contributed by atoms with Crippen LogP contribution in [0, 0.1) is 0 Å². The summed E-state index contributed by atoms with van der Waals surface area (Å²) in [4.78, 5) is 16.0. The van der Waals surface area contributed by atoms with Crippen LogP contribution in [0.5, 0.6) is 0 Å². The molecule has 108 valence electrons. The molecule has 0 aromatic carbocycles. The molecule has 2 heterocycles. The largest absolute Gasteiger partial charge is 0.355 e. The molecule has 1 amide bonds. The van der Waals surface area contributed by atoms with Crippen LogP contribution < -0.4 is 5.32 Å². The van der Waals surface area contributed by atoms with E-state index in [1.54, 1.807) is 0 Å². The molecule has 1 atom stereocenters. The lowest BCUT2D eigenvalue weighted by Crippen LogP contribution is -2.38. The maximum atomic E-state index is 11.6. The highest BCUT2D eigenvalue weighted by molar-refractivity contribution is 7.92. The van der Waals surface area contributed by atoms with Crippen molar-refractivity contribution in [1.82, 2.24) is 14.7 Å². The van der Waals surface area contributed by atoms with Crippen molar-refractivity contribution >= 4 is 21.4 Å². The zero-order valence-electron chi connectivity index (χ0n) is 11.4. The predicted molar refractivity (Wildman–Crippen MR) is 76.2 cm³/mol. The first-order valence-electron chi connectivity index (χ1n) is 6.27. The van der Waals surface area contributed by atoms with Crippen molar-refractivity contribution in [3.63, 3.8) is 0 Å². The van der Waals surface area contributed by atoms with Crippen LogP contribution in [-0.4, -0.2) is 41.8 Å². The molecule has 0 bridgehead atoms. The molecule has 20 heavy (non-hydrogen) atoms. The van der Waals surface area contributed by atoms with Crippen molar-refractivity contribution in [2.45, 2.75) is 18.6 Å². The van der Waals surface area contributed by atoms with Gasteiger partial charge >= 0.3 is 0 Å². The Morgan fingerprint density at radius 3 is 2.85 bits per heavy atom. The maximum absolute atomic E-state index is 11.6. The standard InChI is InChI=1S/C13H17N3O3S/c1-10(20(2,18)19)13(17)14-7-6-11-9-16-8-4-3-5-12(16)15-11/h3-5,8-10H,6-7H2,1-2H3,(H,14,17)/t10-/m0/s1. The quantitative estimate of drug-likeness (QED) is 0.867. The summed E-state index contributed by atoms with van der Waals surface area (Å²) in [6, 6.07) is 5.71. The Bertz CT molecular complexity index is 688. The highest BCUT2D eigenvalue weighted by atomic mass is 32.2. The lowest BCUT2D eigenvalue weighted by molar-refractivity contribution is -0.120. The van der Waals surface area contributed by atoms with Gasteiger partial charge in [0.2, 0.25) is 5.91 Å². The second-order valence-corrected chi connectivity index (χ2v) is 7.08. The summed E-state index contributed by atoms with van der Waals surface area (Å²) in [5.41, 5.74) is 1.70. The van der Waals surface area contributed by atoms with Crippen LogP contribution in [-0.2, 0) is 21.1 Å². The molecule has 2 aromatic heterocycles. The van der Waals surface area contributed by atoms with Gasteiger partial charge in [-0.1, -0.05) is 6.07 Å². The molecule has 0 radical (unpaired) electrons.